The lowest BCUT2D eigenvalue weighted by Gasteiger charge is -2.11. The molecule has 1 aliphatic rings. The molecule has 2 aromatic heterocycles. The van der Waals surface area contributed by atoms with Gasteiger partial charge in [-0.3, -0.25) is 4.79 Å². The largest absolute Gasteiger partial charge is 0.403 e. The highest BCUT2D eigenvalue weighted by Gasteiger charge is 2.27. The van der Waals surface area contributed by atoms with Gasteiger partial charge in [-0.05, 0) is 18.2 Å². The molecule has 0 saturated heterocycles. The number of amides is 1. The van der Waals surface area contributed by atoms with Crippen molar-refractivity contribution in [1.29, 1.82) is 0 Å². The molecule has 1 aliphatic heterocycles. The van der Waals surface area contributed by atoms with Gasteiger partial charge in [-0.2, -0.15) is 5.10 Å². The molecule has 35 heavy (non-hydrogen) atoms. The monoisotopic (exact) mass is 461 g/mol. The fourth-order valence-corrected chi connectivity index (χ4v) is 3.85. The Morgan fingerprint density at radius 3 is 2.43 bits per heavy atom. The molecular weight excluding hydrogens is 442 g/mol. The third-order valence-corrected chi connectivity index (χ3v) is 5.53. The van der Waals surface area contributed by atoms with E-state index >= 15 is 0 Å². The number of nitrogens with one attached hydrogen (secondary N) is 2. The maximum atomic E-state index is 13.0. The van der Waals surface area contributed by atoms with Crippen molar-refractivity contribution in [2.45, 2.75) is 6.17 Å². The summed E-state index contributed by atoms with van der Waals surface area (Å²) in [5, 5.41) is 18.4. The van der Waals surface area contributed by atoms with E-state index in [-0.39, 0.29) is 17.8 Å². The molecule has 0 radical (unpaired) electrons. The Morgan fingerprint density at radius 1 is 0.857 bits per heavy atom. The normalized spacial score (nSPS) is 15.0. The van der Waals surface area contributed by atoms with Gasteiger partial charge in [0.1, 0.15) is 0 Å². The van der Waals surface area contributed by atoms with Crippen LogP contribution in [-0.2, 0) is 4.79 Å². The highest BCUT2D eigenvalue weighted by atomic mass is 16.4. The molecule has 6 rings (SSSR count). The molecule has 5 aromatic rings. The molecular formula is C26H19N7O2. The summed E-state index contributed by atoms with van der Waals surface area (Å²) in [6, 6.07) is 27.1. The third kappa shape index (κ3) is 4.06. The minimum absolute atomic E-state index is 0.0785. The molecule has 0 saturated carbocycles. The zero-order valence-corrected chi connectivity index (χ0v) is 18.4. The number of fused-ring (bicyclic) bond motifs is 1. The van der Waals surface area contributed by atoms with Crippen LogP contribution >= 0.6 is 0 Å². The third-order valence-electron chi connectivity index (χ3n) is 5.53. The van der Waals surface area contributed by atoms with Crippen molar-refractivity contribution in [3.8, 4) is 17.1 Å². The van der Waals surface area contributed by atoms with E-state index in [0.29, 0.717) is 17.0 Å². The van der Waals surface area contributed by atoms with E-state index in [1.54, 1.807) is 17.1 Å². The summed E-state index contributed by atoms with van der Waals surface area (Å²) in [6.07, 6.45) is 2.47. The van der Waals surface area contributed by atoms with E-state index in [1.165, 1.54) is 0 Å². The number of hydrogen-bond acceptors (Lipinski definition) is 7. The van der Waals surface area contributed by atoms with Gasteiger partial charge in [0.2, 0.25) is 6.17 Å². The fraction of sp³-hybridized carbons (Fsp3) is 0.0385. The van der Waals surface area contributed by atoms with Gasteiger partial charge in [-0.25, -0.2) is 9.67 Å². The number of nitrogens with zero attached hydrogens (tertiary/aromatic N) is 5. The summed E-state index contributed by atoms with van der Waals surface area (Å²) < 4.78 is 7.51. The molecule has 1 atom stereocenters. The molecule has 2 N–H and O–H groups in total. The van der Waals surface area contributed by atoms with Crippen LogP contribution in [0.2, 0.25) is 0 Å². The first-order valence-corrected chi connectivity index (χ1v) is 11.0. The van der Waals surface area contributed by atoms with Crippen LogP contribution in [0.3, 0.4) is 0 Å². The first kappa shape index (κ1) is 20.5. The standard InChI is InChI=1S/C26H19N7O2/c34-24-23(29-22(17-9-3-1-4-10-17)20-13-7-8-14-21(20)28-24)30-26-32-31-25(35-26)18-15-27-33(16-18)19-11-5-2-6-12-19/h1-16,23H,(H,28,34)(H,30,32)/t23-/m1/s1. The van der Waals surface area contributed by atoms with Gasteiger partial charge in [-0.15, -0.1) is 5.10 Å². The Labute approximate surface area is 200 Å². The van der Waals surface area contributed by atoms with Crippen molar-refractivity contribution < 1.29 is 9.21 Å². The number of anilines is 2. The Balaban J connectivity index is 1.30. The van der Waals surface area contributed by atoms with E-state index in [1.807, 2.05) is 84.9 Å². The molecule has 0 spiro atoms. The fourth-order valence-electron chi connectivity index (χ4n) is 3.85. The smallest absolute Gasteiger partial charge is 0.317 e. The zero-order valence-electron chi connectivity index (χ0n) is 18.4. The van der Waals surface area contributed by atoms with Crippen LogP contribution in [0.1, 0.15) is 11.1 Å². The Bertz CT molecular complexity index is 1520. The molecule has 170 valence electrons. The molecule has 3 heterocycles. The summed E-state index contributed by atoms with van der Waals surface area (Å²) in [7, 11) is 0. The van der Waals surface area contributed by atoms with Crippen LogP contribution in [0, 0.1) is 0 Å². The topological polar surface area (TPSA) is 110 Å². The van der Waals surface area contributed by atoms with Crippen molar-refractivity contribution in [2.75, 3.05) is 10.6 Å². The predicted molar refractivity (Wildman–Crippen MR) is 131 cm³/mol. The zero-order chi connectivity index (χ0) is 23.6. The number of carbonyl (C=O) groups excluding carboxylic acids is 1. The minimum Gasteiger partial charge on any atom is -0.403 e. The number of aliphatic imine (C=N–C) groups is 1. The van der Waals surface area contributed by atoms with Crippen molar-refractivity contribution in [1.82, 2.24) is 20.0 Å². The van der Waals surface area contributed by atoms with Gasteiger partial charge in [0.05, 0.1) is 28.8 Å². The van der Waals surface area contributed by atoms with E-state index in [2.05, 4.69) is 25.9 Å². The molecule has 1 amide bonds. The quantitative estimate of drug-likeness (QED) is 0.407. The number of carbonyl (C=O) groups is 1. The highest BCUT2D eigenvalue weighted by Crippen LogP contribution is 2.26. The summed E-state index contributed by atoms with van der Waals surface area (Å²) in [5.74, 6) is -0.0562. The lowest BCUT2D eigenvalue weighted by atomic mass is 10.0. The van der Waals surface area contributed by atoms with Crippen LogP contribution in [0.5, 0.6) is 0 Å². The van der Waals surface area contributed by atoms with Crippen molar-refractivity contribution in [2.24, 2.45) is 4.99 Å². The Morgan fingerprint density at radius 2 is 1.60 bits per heavy atom. The lowest BCUT2D eigenvalue weighted by molar-refractivity contribution is -0.116. The number of benzodiazepines with no additional fused rings is 1. The first-order chi connectivity index (χ1) is 17.2. The summed E-state index contributed by atoms with van der Waals surface area (Å²) in [5.41, 5.74) is 4.65. The number of benzene rings is 3. The average molecular weight is 461 g/mol. The van der Waals surface area contributed by atoms with Gasteiger partial charge in [0.25, 0.3) is 11.8 Å². The molecule has 9 heteroatoms. The molecule has 0 fully saturated rings. The minimum atomic E-state index is -0.974. The molecule has 0 unspecified atom stereocenters. The van der Waals surface area contributed by atoms with Gasteiger partial charge >= 0.3 is 6.01 Å². The van der Waals surface area contributed by atoms with Gasteiger partial charge in [0, 0.05) is 17.3 Å². The average Bonchev–Trinajstić information content (AvgIpc) is 3.55. The van der Waals surface area contributed by atoms with Crippen LogP contribution in [-0.4, -0.2) is 37.8 Å². The molecule has 3 aromatic carbocycles. The van der Waals surface area contributed by atoms with Crippen LogP contribution in [0.25, 0.3) is 17.1 Å². The van der Waals surface area contributed by atoms with Crippen LogP contribution < -0.4 is 10.6 Å². The van der Waals surface area contributed by atoms with Crippen molar-refractivity contribution >= 4 is 23.3 Å². The van der Waals surface area contributed by atoms with E-state index in [4.69, 9.17) is 9.41 Å². The van der Waals surface area contributed by atoms with Gasteiger partial charge in [0.15, 0.2) is 0 Å². The second-order valence-electron chi connectivity index (χ2n) is 7.85. The predicted octanol–water partition coefficient (Wildman–Crippen LogP) is 4.15. The number of hydrogen-bond donors (Lipinski definition) is 2. The lowest BCUT2D eigenvalue weighted by Crippen LogP contribution is -2.32. The number of para-hydroxylation sites is 2. The SMILES string of the molecule is O=C1Nc2ccccc2C(c2ccccc2)=N[C@@H]1Nc1nnc(-c2cnn(-c3ccccc3)c2)o1. The maximum absolute atomic E-state index is 13.0. The van der Waals surface area contributed by atoms with Crippen LogP contribution in [0.15, 0.2) is 107 Å². The number of rotatable bonds is 5. The van der Waals surface area contributed by atoms with Gasteiger partial charge < -0.3 is 15.1 Å². The molecule has 0 bridgehead atoms. The summed E-state index contributed by atoms with van der Waals surface area (Å²) in [6.45, 7) is 0. The van der Waals surface area contributed by atoms with Crippen LogP contribution in [0.4, 0.5) is 11.7 Å². The first-order valence-electron chi connectivity index (χ1n) is 11.0. The number of aromatic nitrogens is 4. The van der Waals surface area contributed by atoms with Crippen molar-refractivity contribution in [3.63, 3.8) is 0 Å². The van der Waals surface area contributed by atoms with E-state index in [9.17, 15) is 4.79 Å². The second-order valence-corrected chi connectivity index (χ2v) is 7.85. The maximum Gasteiger partial charge on any atom is 0.317 e. The summed E-state index contributed by atoms with van der Waals surface area (Å²) >= 11 is 0. The van der Waals surface area contributed by atoms with E-state index < -0.39 is 6.17 Å². The molecule has 0 aliphatic carbocycles. The second kappa shape index (κ2) is 8.71. The summed E-state index contributed by atoms with van der Waals surface area (Å²) in [4.78, 5) is 17.7. The Hall–Kier alpha value is -5.05. The van der Waals surface area contributed by atoms with Crippen molar-refractivity contribution in [3.05, 3.63) is 108 Å². The Kier molecular flexibility index (Phi) is 5.12. The van der Waals surface area contributed by atoms with E-state index in [0.717, 1.165) is 16.8 Å². The van der Waals surface area contributed by atoms with Gasteiger partial charge in [-0.1, -0.05) is 71.8 Å². The molecule has 9 nitrogen and oxygen atoms in total. The highest BCUT2D eigenvalue weighted by molar-refractivity contribution is 6.19.